The fourth-order valence-electron chi connectivity index (χ4n) is 2.60. The zero-order valence-electron chi connectivity index (χ0n) is 11.3. The lowest BCUT2D eigenvalue weighted by Crippen LogP contribution is -2.38. The molecule has 1 fully saturated rings. The maximum Gasteiger partial charge on any atom is 0.250 e. The molecule has 1 N–H and O–H groups in total. The first kappa shape index (κ1) is 15.5. The van der Waals surface area contributed by atoms with Gasteiger partial charge in [-0.05, 0) is 60.2 Å². The number of thiophene rings is 1. The summed E-state index contributed by atoms with van der Waals surface area (Å²) in [5.41, 5.74) is 0.968. The fourth-order valence-corrected chi connectivity index (χ4v) is 6.15. The summed E-state index contributed by atoms with van der Waals surface area (Å²) in [7, 11) is -3.37. The highest BCUT2D eigenvalue weighted by atomic mass is 79.9. The Morgan fingerprint density at radius 2 is 2.00 bits per heavy atom. The summed E-state index contributed by atoms with van der Waals surface area (Å²) < 4.78 is 28.8. The average Bonchev–Trinajstić information content (AvgIpc) is 2.71. The van der Waals surface area contributed by atoms with Crippen LogP contribution in [0.4, 0.5) is 0 Å². The lowest BCUT2D eigenvalue weighted by Gasteiger charge is -2.27. The van der Waals surface area contributed by atoms with Gasteiger partial charge in [0.15, 0.2) is 0 Å². The van der Waals surface area contributed by atoms with Crippen LogP contribution in [-0.2, 0) is 10.0 Å². The van der Waals surface area contributed by atoms with Gasteiger partial charge in [-0.15, -0.1) is 11.3 Å². The predicted octanol–water partition coefficient (Wildman–Crippen LogP) is 4.07. The molecule has 3 nitrogen and oxygen atoms in total. The van der Waals surface area contributed by atoms with Crippen LogP contribution in [0.2, 0.25) is 0 Å². The normalized spacial score (nSPS) is 19.5. The third-order valence-corrected chi connectivity index (χ3v) is 7.97. The molecular formula is C13H20BrNO2S2. The SMILES string of the molecule is Cc1cc(S(=O)(=O)NC(C)C2CCCCC2)sc1Br. The number of hydrogen-bond acceptors (Lipinski definition) is 3. The molecular weight excluding hydrogens is 346 g/mol. The van der Waals surface area contributed by atoms with E-state index in [4.69, 9.17) is 0 Å². The van der Waals surface area contributed by atoms with Crippen molar-refractivity contribution >= 4 is 37.3 Å². The summed E-state index contributed by atoms with van der Waals surface area (Å²) in [5.74, 6) is 0.480. The van der Waals surface area contributed by atoms with Crippen molar-refractivity contribution < 1.29 is 8.42 Å². The largest absolute Gasteiger partial charge is 0.250 e. The molecule has 1 saturated carbocycles. The molecule has 1 atom stereocenters. The monoisotopic (exact) mass is 365 g/mol. The highest BCUT2D eigenvalue weighted by molar-refractivity contribution is 9.11. The lowest BCUT2D eigenvalue weighted by atomic mass is 9.85. The summed E-state index contributed by atoms with van der Waals surface area (Å²) in [4.78, 5) is 0. The standard InChI is InChI=1S/C13H20BrNO2S2/c1-9-8-12(18-13(9)14)19(16,17)15-10(2)11-6-4-3-5-7-11/h8,10-11,15H,3-7H2,1-2H3. The van der Waals surface area contributed by atoms with Gasteiger partial charge in [-0.3, -0.25) is 0 Å². The van der Waals surface area contributed by atoms with E-state index < -0.39 is 10.0 Å². The van der Waals surface area contributed by atoms with Gasteiger partial charge in [-0.2, -0.15) is 0 Å². The van der Waals surface area contributed by atoms with Gasteiger partial charge in [0.1, 0.15) is 4.21 Å². The third-order valence-electron chi connectivity index (χ3n) is 3.80. The number of aryl methyl sites for hydroxylation is 1. The van der Waals surface area contributed by atoms with Gasteiger partial charge in [0.2, 0.25) is 10.0 Å². The molecule has 1 heterocycles. The van der Waals surface area contributed by atoms with E-state index in [0.29, 0.717) is 10.1 Å². The van der Waals surface area contributed by atoms with Crippen molar-refractivity contribution in [2.45, 2.75) is 56.2 Å². The van der Waals surface area contributed by atoms with Crippen LogP contribution in [0.5, 0.6) is 0 Å². The molecule has 0 aliphatic heterocycles. The Kier molecular flexibility index (Phi) is 5.09. The molecule has 1 aliphatic carbocycles. The molecule has 0 saturated heterocycles. The Hall–Kier alpha value is 0.0900. The van der Waals surface area contributed by atoms with Gasteiger partial charge in [-0.1, -0.05) is 19.3 Å². The van der Waals surface area contributed by atoms with Crippen molar-refractivity contribution in [3.8, 4) is 0 Å². The van der Waals surface area contributed by atoms with E-state index in [9.17, 15) is 8.42 Å². The first-order chi connectivity index (χ1) is 8.90. The zero-order valence-corrected chi connectivity index (χ0v) is 14.5. The highest BCUT2D eigenvalue weighted by Gasteiger charge is 2.26. The summed E-state index contributed by atoms with van der Waals surface area (Å²) in [6, 6.07) is 1.75. The van der Waals surface area contributed by atoms with Gasteiger partial charge in [0, 0.05) is 6.04 Å². The molecule has 0 radical (unpaired) electrons. The second-order valence-electron chi connectivity index (χ2n) is 5.33. The minimum atomic E-state index is -3.37. The summed E-state index contributed by atoms with van der Waals surface area (Å²) in [6.45, 7) is 3.90. The molecule has 1 aliphatic rings. The molecule has 0 spiro atoms. The van der Waals surface area contributed by atoms with Gasteiger partial charge >= 0.3 is 0 Å². The van der Waals surface area contributed by atoms with Crippen LogP contribution in [0.25, 0.3) is 0 Å². The quantitative estimate of drug-likeness (QED) is 0.873. The van der Waals surface area contributed by atoms with Crippen LogP contribution in [-0.4, -0.2) is 14.5 Å². The van der Waals surface area contributed by atoms with E-state index in [1.54, 1.807) is 6.07 Å². The smallest absolute Gasteiger partial charge is 0.207 e. The van der Waals surface area contributed by atoms with E-state index in [0.717, 1.165) is 22.2 Å². The maximum absolute atomic E-state index is 12.3. The van der Waals surface area contributed by atoms with E-state index in [-0.39, 0.29) is 6.04 Å². The predicted molar refractivity (Wildman–Crippen MR) is 83.1 cm³/mol. The Labute approximate surface area is 128 Å². The molecule has 1 unspecified atom stereocenters. The topological polar surface area (TPSA) is 46.2 Å². The molecule has 0 bridgehead atoms. The van der Waals surface area contributed by atoms with E-state index in [1.165, 1.54) is 30.6 Å². The van der Waals surface area contributed by atoms with Gasteiger partial charge < -0.3 is 0 Å². The number of nitrogens with one attached hydrogen (secondary N) is 1. The van der Waals surface area contributed by atoms with Crippen molar-refractivity contribution in [3.63, 3.8) is 0 Å². The van der Waals surface area contributed by atoms with Crippen LogP contribution in [0, 0.1) is 12.8 Å². The molecule has 1 aromatic heterocycles. The lowest BCUT2D eigenvalue weighted by molar-refractivity contribution is 0.303. The maximum atomic E-state index is 12.3. The summed E-state index contributed by atoms with van der Waals surface area (Å²) >= 11 is 4.65. The Morgan fingerprint density at radius 3 is 2.53 bits per heavy atom. The van der Waals surface area contributed by atoms with Gasteiger partial charge in [-0.25, -0.2) is 13.1 Å². The van der Waals surface area contributed by atoms with Gasteiger partial charge in [0.25, 0.3) is 0 Å². The molecule has 2 rings (SSSR count). The van der Waals surface area contributed by atoms with Crippen LogP contribution in [0.15, 0.2) is 14.1 Å². The van der Waals surface area contributed by atoms with Crippen LogP contribution in [0.3, 0.4) is 0 Å². The average molecular weight is 366 g/mol. The number of rotatable bonds is 4. The van der Waals surface area contributed by atoms with Crippen molar-refractivity contribution in [1.29, 1.82) is 0 Å². The molecule has 0 amide bonds. The van der Waals surface area contributed by atoms with E-state index >= 15 is 0 Å². The molecule has 1 aromatic rings. The summed E-state index contributed by atoms with van der Waals surface area (Å²) in [5, 5.41) is 0. The first-order valence-electron chi connectivity index (χ1n) is 6.68. The van der Waals surface area contributed by atoms with Crippen LogP contribution < -0.4 is 4.72 Å². The Morgan fingerprint density at radius 1 is 1.37 bits per heavy atom. The number of hydrogen-bond donors (Lipinski definition) is 1. The molecule has 0 aromatic carbocycles. The highest BCUT2D eigenvalue weighted by Crippen LogP contribution is 2.32. The minimum absolute atomic E-state index is 0.0199. The second kappa shape index (κ2) is 6.24. The van der Waals surface area contributed by atoms with Crippen molar-refractivity contribution in [3.05, 3.63) is 15.4 Å². The number of halogens is 1. The van der Waals surface area contributed by atoms with Crippen molar-refractivity contribution in [2.75, 3.05) is 0 Å². The van der Waals surface area contributed by atoms with E-state index in [2.05, 4.69) is 20.7 Å². The van der Waals surface area contributed by atoms with Crippen LogP contribution >= 0.6 is 27.3 Å². The van der Waals surface area contributed by atoms with Crippen LogP contribution in [0.1, 0.15) is 44.6 Å². The Balaban J connectivity index is 2.08. The zero-order chi connectivity index (χ0) is 14.0. The van der Waals surface area contributed by atoms with Gasteiger partial charge in [0.05, 0.1) is 3.79 Å². The molecule has 19 heavy (non-hydrogen) atoms. The van der Waals surface area contributed by atoms with Crippen molar-refractivity contribution in [1.82, 2.24) is 4.72 Å². The molecule has 6 heteroatoms. The van der Waals surface area contributed by atoms with E-state index in [1.807, 2.05) is 13.8 Å². The Bertz CT molecular complexity index is 513. The first-order valence-corrected chi connectivity index (χ1v) is 9.77. The molecule has 108 valence electrons. The second-order valence-corrected chi connectivity index (χ2v) is 9.64. The summed E-state index contributed by atoms with van der Waals surface area (Å²) in [6.07, 6.45) is 6.00. The van der Waals surface area contributed by atoms with Crippen molar-refractivity contribution in [2.24, 2.45) is 5.92 Å². The number of sulfonamides is 1. The fraction of sp³-hybridized carbons (Fsp3) is 0.692. The minimum Gasteiger partial charge on any atom is -0.207 e. The third kappa shape index (κ3) is 3.80.